The molecule has 0 bridgehead atoms. The van der Waals surface area contributed by atoms with E-state index < -0.39 is 0 Å². The lowest BCUT2D eigenvalue weighted by Gasteiger charge is -2.07. The van der Waals surface area contributed by atoms with Gasteiger partial charge < -0.3 is 10.5 Å². The molecule has 0 aromatic heterocycles. The first-order chi connectivity index (χ1) is 7.61. The Morgan fingerprint density at radius 2 is 2.12 bits per heavy atom. The molecule has 1 atom stereocenters. The van der Waals surface area contributed by atoms with E-state index in [2.05, 4.69) is 0 Å². The molecule has 0 fully saturated rings. The first-order valence-corrected chi connectivity index (χ1v) is 5.60. The Balaban J connectivity index is 2.63. The van der Waals surface area contributed by atoms with Crippen molar-refractivity contribution in [2.45, 2.75) is 32.7 Å². The zero-order valence-corrected chi connectivity index (χ0v) is 9.90. The van der Waals surface area contributed by atoms with Crippen molar-refractivity contribution in [3.05, 3.63) is 35.4 Å². The Kier molecular flexibility index (Phi) is 4.99. The van der Waals surface area contributed by atoms with Crippen LogP contribution in [0.15, 0.2) is 24.3 Å². The van der Waals surface area contributed by atoms with E-state index in [1.807, 2.05) is 38.1 Å². The summed E-state index contributed by atoms with van der Waals surface area (Å²) >= 11 is 0. The first kappa shape index (κ1) is 12.7. The van der Waals surface area contributed by atoms with Crippen molar-refractivity contribution in [3.63, 3.8) is 0 Å². The van der Waals surface area contributed by atoms with Crippen LogP contribution in [0.1, 0.15) is 25.0 Å². The van der Waals surface area contributed by atoms with Crippen LogP contribution in [0.3, 0.4) is 0 Å². The fourth-order valence-corrected chi connectivity index (χ4v) is 1.62. The average Bonchev–Trinajstić information content (AvgIpc) is 2.17. The molecular weight excluding hydrogens is 202 g/mol. The molecule has 3 heteroatoms. The molecule has 0 radical (unpaired) electrons. The van der Waals surface area contributed by atoms with Crippen LogP contribution in [0.25, 0.3) is 0 Å². The number of benzene rings is 1. The molecule has 0 saturated heterocycles. The summed E-state index contributed by atoms with van der Waals surface area (Å²) in [6.45, 7) is 4.21. The van der Waals surface area contributed by atoms with E-state index in [0.29, 0.717) is 13.0 Å². The standard InChI is InChI=1S/C13H19NO2/c1-3-16-13(15)9-12-6-4-5-11(8-12)7-10(2)14/h4-6,8,10H,3,7,9,14H2,1-2H3. The molecule has 1 aromatic rings. The molecule has 0 heterocycles. The Labute approximate surface area is 96.6 Å². The average molecular weight is 221 g/mol. The lowest BCUT2D eigenvalue weighted by Crippen LogP contribution is -2.17. The largest absolute Gasteiger partial charge is 0.466 e. The maximum absolute atomic E-state index is 11.3. The monoisotopic (exact) mass is 221 g/mol. The predicted molar refractivity (Wildman–Crippen MR) is 64.1 cm³/mol. The summed E-state index contributed by atoms with van der Waals surface area (Å²) in [5.74, 6) is -0.180. The third-order valence-corrected chi connectivity index (χ3v) is 2.20. The molecule has 3 nitrogen and oxygen atoms in total. The van der Waals surface area contributed by atoms with Crippen LogP contribution in [0.2, 0.25) is 0 Å². The maximum atomic E-state index is 11.3. The molecule has 1 rings (SSSR count). The van der Waals surface area contributed by atoms with E-state index in [1.165, 1.54) is 0 Å². The Hall–Kier alpha value is -1.35. The van der Waals surface area contributed by atoms with Gasteiger partial charge >= 0.3 is 5.97 Å². The fraction of sp³-hybridized carbons (Fsp3) is 0.462. The van der Waals surface area contributed by atoms with Crippen LogP contribution in [-0.2, 0) is 22.4 Å². The lowest BCUT2D eigenvalue weighted by molar-refractivity contribution is -0.142. The van der Waals surface area contributed by atoms with Gasteiger partial charge in [-0.25, -0.2) is 0 Å². The minimum Gasteiger partial charge on any atom is -0.466 e. The van der Waals surface area contributed by atoms with Crippen molar-refractivity contribution in [2.24, 2.45) is 5.73 Å². The van der Waals surface area contributed by atoms with E-state index in [1.54, 1.807) is 0 Å². The van der Waals surface area contributed by atoms with Crippen LogP contribution >= 0.6 is 0 Å². The van der Waals surface area contributed by atoms with Crippen LogP contribution in [-0.4, -0.2) is 18.6 Å². The Bertz CT molecular complexity index is 348. The summed E-state index contributed by atoms with van der Waals surface area (Å²) in [6, 6.07) is 8.06. The van der Waals surface area contributed by atoms with Gasteiger partial charge in [-0.3, -0.25) is 4.79 Å². The van der Waals surface area contributed by atoms with E-state index in [-0.39, 0.29) is 12.0 Å². The lowest BCUT2D eigenvalue weighted by atomic mass is 10.0. The molecule has 0 saturated carbocycles. The number of ether oxygens (including phenoxy) is 1. The predicted octanol–water partition coefficient (Wildman–Crippen LogP) is 1.68. The van der Waals surface area contributed by atoms with E-state index in [0.717, 1.165) is 17.5 Å². The highest BCUT2D eigenvalue weighted by molar-refractivity contribution is 5.72. The van der Waals surface area contributed by atoms with Gasteiger partial charge in [-0.05, 0) is 31.4 Å². The van der Waals surface area contributed by atoms with Gasteiger partial charge in [0.25, 0.3) is 0 Å². The third-order valence-electron chi connectivity index (χ3n) is 2.20. The highest BCUT2D eigenvalue weighted by atomic mass is 16.5. The van der Waals surface area contributed by atoms with Gasteiger partial charge in [-0.2, -0.15) is 0 Å². The molecule has 0 amide bonds. The first-order valence-electron chi connectivity index (χ1n) is 5.60. The quantitative estimate of drug-likeness (QED) is 0.770. The van der Waals surface area contributed by atoms with Crippen LogP contribution in [0.4, 0.5) is 0 Å². The third kappa shape index (κ3) is 4.45. The zero-order valence-electron chi connectivity index (χ0n) is 9.90. The van der Waals surface area contributed by atoms with Crippen LogP contribution < -0.4 is 5.73 Å². The minimum absolute atomic E-state index is 0.137. The number of carbonyl (C=O) groups is 1. The van der Waals surface area contributed by atoms with Gasteiger partial charge in [0.1, 0.15) is 0 Å². The van der Waals surface area contributed by atoms with Gasteiger partial charge in [0.15, 0.2) is 0 Å². The number of hydrogen-bond acceptors (Lipinski definition) is 3. The van der Waals surface area contributed by atoms with Gasteiger partial charge in [0.05, 0.1) is 13.0 Å². The smallest absolute Gasteiger partial charge is 0.310 e. The van der Waals surface area contributed by atoms with E-state index in [9.17, 15) is 4.79 Å². The number of carbonyl (C=O) groups excluding carboxylic acids is 1. The highest BCUT2D eigenvalue weighted by Crippen LogP contribution is 2.08. The minimum atomic E-state index is -0.180. The van der Waals surface area contributed by atoms with E-state index >= 15 is 0 Å². The van der Waals surface area contributed by atoms with Crippen molar-refractivity contribution in [3.8, 4) is 0 Å². The molecule has 88 valence electrons. The molecule has 1 unspecified atom stereocenters. The maximum Gasteiger partial charge on any atom is 0.310 e. The second-order valence-corrected chi connectivity index (χ2v) is 3.98. The number of rotatable bonds is 5. The molecule has 0 spiro atoms. The van der Waals surface area contributed by atoms with Crippen molar-refractivity contribution in [1.29, 1.82) is 0 Å². The van der Waals surface area contributed by atoms with Crippen molar-refractivity contribution < 1.29 is 9.53 Å². The van der Waals surface area contributed by atoms with Gasteiger partial charge in [0.2, 0.25) is 0 Å². The van der Waals surface area contributed by atoms with Crippen molar-refractivity contribution in [1.82, 2.24) is 0 Å². The summed E-state index contributed by atoms with van der Waals surface area (Å²) in [6.07, 6.45) is 1.16. The highest BCUT2D eigenvalue weighted by Gasteiger charge is 2.05. The number of nitrogens with two attached hydrogens (primary N) is 1. The van der Waals surface area contributed by atoms with Gasteiger partial charge in [-0.1, -0.05) is 24.3 Å². The van der Waals surface area contributed by atoms with Crippen molar-refractivity contribution in [2.75, 3.05) is 6.61 Å². The summed E-state index contributed by atoms with van der Waals surface area (Å²) in [7, 11) is 0. The summed E-state index contributed by atoms with van der Waals surface area (Å²) < 4.78 is 4.90. The Morgan fingerprint density at radius 1 is 1.44 bits per heavy atom. The van der Waals surface area contributed by atoms with Crippen LogP contribution in [0.5, 0.6) is 0 Å². The molecule has 2 N–H and O–H groups in total. The fourth-order valence-electron chi connectivity index (χ4n) is 1.62. The van der Waals surface area contributed by atoms with Gasteiger partial charge in [0, 0.05) is 6.04 Å². The Morgan fingerprint density at radius 3 is 2.75 bits per heavy atom. The summed E-state index contributed by atoms with van der Waals surface area (Å²) in [5, 5.41) is 0. The van der Waals surface area contributed by atoms with Gasteiger partial charge in [-0.15, -0.1) is 0 Å². The van der Waals surface area contributed by atoms with E-state index in [4.69, 9.17) is 10.5 Å². The SMILES string of the molecule is CCOC(=O)Cc1cccc(CC(C)N)c1. The molecule has 0 aliphatic rings. The molecule has 16 heavy (non-hydrogen) atoms. The summed E-state index contributed by atoms with van der Waals surface area (Å²) in [5.41, 5.74) is 7.88. The topological polar surface area (TPSA) is 52.3 Å². The number of esters is 1. The van der Waals surface area contributed by atoms with Crippen molar-refractivity contribution >= 4 is 5.97 Å². The second kappa shape index (κ2) is 6.28. The zero-order chi connectivity index (χ0) is 12.0. The number of hydrogen-bond donors (Lipinski definition) is 1. The molecule has 1 aromatic carbocycles. The molecular formula is C13H19NO2. The van der Waals surface area contributed by atoms with Crippen LogP contribution in [0, 0.1) is 0 Å². The summed E-state index contributed by atoms with van der Waals surface area (Å²) in [4.78, 5) is 11.3. The second-order valence-electron chi connectivity index (χ2n) is 3.98. The normalized spacial score (nSPS) is 12.2. The molecule has 0 aliphatic heterocycles. The molecule has 0 aliphatic carbocycles.